The van der Waals surface area contributed by atoms with E-state index >= 15 is 4.39 Å². The third-order valence-electron chi connectivity index (χ3n) is 12.6. The maximum atomic E-state index is 16.4. The van der Waals surface area contributed by atoms with Crippen molar-refractivity contribution in [3.8, 4) is 23.2 Å². The Bertz CT molecular complexity index is 3470. The number of piperazine rings is 1. The molecular formula is C53H49FN8O8S. The van der Waals surface area contributed by atoms with Gasteiger partial charge in [-0.2, -0.15) is 13.4 Å². The Labute approximate surface area is 408 Å². The van der Waals surface area contributed by atoms with E-state index in [0.29, 0.717) is 58.7 Å². The molecule has 2 fully saturated rings. The fourth-order valence-electron chi connectivity index (χ4n) is 8.96. The van der Waals surface area contributed by atoms with Gasteiger partial charge in [-0.25, -0.2) is 18.2 Å². The zero-order valence-corrected chi connectivity index (χ0v) is 39.6. The van der Waals surface area contributed by atoms with Gasteiger partial charge in [0, 0.05) is 55.6 Å². The SMILES string of the molecule is CC1CN(c2ccc3c(c2)n(C)c(=O)n3-c2ccc(OCc3ccccc3)nc2OCc2ccccc2)CCN1CC(=O)Nc1ccc2c(F)c(N3CC(=O)NS3(=O)=O)c(OCc3ccccc3)cc2c1. The molecule has 6 aromatic carbocycles. The van der Waals surface area contributed by atoms with Gasteiger partial charge in [-0.15, -0.1) is 0 Å². The summed E-state index contributed by atoms with van der Waals surface area (Å²) in [6.45, 7) is 3.88. The number of aryl methyl sites for hydroxylation is 1. The molecule has 18 heteroatoms. The van der Waals surface area contributed by atoms with Gasteiger partial charge in [0.25, 0.3) is 5.91 Å². The predicted molar refractivity (Wildman–Crippen MR) is 269 cm³/mol. The van der Waals surface area contributed by atoms with E-state index in [0.717, 1.165) is 27.9 Å². The van der Waals surface area contributed by atoms with Crippen molar-refractivity contribution < 1.29 is 36.6 Å². The number of nitrogens with zero attached hydrogens (tertiary/aromatic N) is 6. The number of pyridine rings is 1. The molecule has 2 aliphatic heterocycles. The summed E-state index contributed by atoms with van der Waals surface area (Å²) in [5, 5.41) is 3.37. The molecule has 2 N–H and O–H groups in total. The van der Waals surface area contributed by atoms with Crippen LogP contribution in [0.5, 0.6) is 17.5 Å². The van der Waals surface area contributed by atoms with Crippen LogP contribution in [-0.2, 0) is 46.7 Å². The molecule has 0 radical (unpaired) electrons. The Kier molecular flexibility index (Phi) is 12.9. The molecule has 71 heavy (non-hydrogen) atoms. The Balaban J connectivity index is 0.834. The monoisotopic (exact) mass is 976 g/mol. The summed E-state index contributed by atoms with van der Waals surface area (Å²) < 4.78 is 66.3. The molecule has 0 aliphatic carbocycles. The van der Waals surface area contributed by atoms with Crippen molar-refractivity contribution in [1.29, 1.82) is 0 Å². The lowest BCUT2D eigenvalue weighted by atomic mass is 10.1. The maximum absolute atomic E-state index is 16.4. The predicted octanol–water partition coefficient (Wildman–Crippen LogP) is 7.08. The molecule has 0 bridgehead atoms. The Morgan fingerprint density at radius 2 is 1.44 bits per heavy atom. The zero-order chi connectivity index (χ0) is 49.2. The van der Waals surface area contributed by atoms with E-state index in [9.17, 15) is 22.8 Å². The number of carbonyl (C=O) groups is 2. The van der Waals surface area contributed by atoms with Crippen molar-refractivity contribution in [3.63, 3.8) is 0 Å². The molecule has 2 saturated heterocycles. The minimum Gasteiger partial charge on any atom is -0.487 e. The van der Waals surface area contributed by atoms with E-state index in [1.54, 1.807) is 40.4 Å². The molecular weight excluding hydrogens is 928 g/mol. The highest BCUT2D eigenvalue weighted by molar-refractivity contribution is 7.92. The van der Waals surface area contributed by atoms with E-state index in [1.165, 1.54) is 12.1 Å². The van der Waals surface area contributed by atoms with Crippen molar-refractivity contribution >= 4 is 60.9 Å². The summed E-state index contributed by atoms with van der Waals surface area (Å²) in [5.41, 5.74) is 5.24. The van der Waals surface area contributed by atoms with E-state index in [1.807, 2.05) is 114 Å². The summed E-state index contributed by atoms with van der Waals surface area (Å²) in [6.07, 6.45) is 0. The number of aromatic nitrogens is 3. The quantitative estimate of drug-likeness (QED) is 0.108. The number of ether oxygens (including phenoxy) is 3. The van der Waals surface area contributed by atoms with Gasteiger partial charge in [0.15, 0.2) is 5.82 Å². The lowest BCUT2D eigenvalue weighted by Crippen LogP contribution is -2.53. The minimum atomic E-state index is -4.36. The number of hydrogen-bond donors (Lipinski definition) is 2. The average Bonchev–Trinajstić information content (AvgIpc) is 3.80. The summed E-state index contributed by atoms with van der Waals surface area (Å²) in [6, 6.07) is 44.2. The van der Waals surface area contributed by atoms with E-state index in [4.69, 9.17) is 19.2 Å². The van der Waals surface area contributed by atoms with E-state index in [-0.39, 0.29) is 60.1 Å². The largest absolute Gasteiger partial charge is 0.487 e. The summed E-state index contributed by atoms with van der Waals surface area (Å²) in [4.78, 5) is 48.9. The molecule has 362 valence electrons. The summed E-state index contributed by atoms with van der Waals surface area (Å²) in [5.74, 6) is -1.43. The van der Waals surface area contributed by atoms with Crippen LogP contribution in [0.2, 0.25) is 0 Å². The van der Waals surface area contributed by atoms with Crippen LogP contribution in [0.15, 0.2) is 150 Å². The smallest absolute Gasteiger partial charge is 0.333 e. The molecule has 10 rings (SSSR count). The van der Waals surface area contributed by atoms with Gasteiger partial charge in [-0.3, -0.25) is 23.6 Å². The fourth-order valence-corrected chi connectivity index (χ4v) is 10.1. The minimum absolute atomic E-state index is 0.00400. The highest BCUT2D eigenvalue weighted by atomic mass is 32.2. The van der Waals surface area contributed by atoms with Gasteiger partial charge in [0.05, 0.1) is 17.6 Å². The molecule has 2 aliphatic rings. The Morgan fingerprint density at radius 1 is 0.775 bits per heavy atom. The van der Waals surface area contributed by atoms with Crippen LogP contribution in [0.4, 0.5) is 21.5 Å². The lowest BCUT2D eigenvalue weighted by molar-refractivity contribution is -0.118. The van der Waals surface area contributed by atoms with Crippen molar-refractivity contribution in [2.24, 2.45) is 7.05 Å². The molecule has 0 saturated carbocycles. The van der Waals surface area contributed by atoms with Gasteiger partial charge in [-0.05, 0) is 77.5 Å². The van der Waals surface area contributed by atoms with Crippen LogP contribution in [0, 0.1) is 5.82 Å². The second-order valence-corrected chi connectivity index (χ2v) is 19.1. The number of fused-ring (bicyclic) bond motifs is 2. The number of amides is 2. The van der Waals surface area contributed by atoms with Crippen LogP contribution >= 0.6 is 0 Å². The number of nitrogens with one attached hydrogen (secondary N) is 2. The lowest BCUT2D eigenvalue weighted by Gasteiger charge is -2.40. The average molecular weight is 977 g/mol. The van der Waals surface area contributed by atoms with Gasteiger partial charge < -0.3 is 24.4 Å². The summed E-state index contributed by atoms with van der Waals surface area (Å²) >= 11 is 0. The van der Waals surface area contributed by atoms with Crippen molar-refractivity contribution in [1.82, 2.24) is 23.7 Å². The van der Waals surface area contributed by atoms with Crippen molar-refractivity contribution in [2.45, 2.75) is 32.8 Å². The van der Waals surface area contributed by atoms with Crippen molar-refractivity contribution in [2.75, 3.05) is 47.2 Å². The zero-order valence-electron chi connectivity index (χ0n) is 38.8. The molecule has 8 aromatic rings. The second kappa shape index (κ2) is 19.6. The van der Waals surface area contributed by atoms with Gasteiger partial charge >= 0.3 is 15.9 Å². The van der Waals surface area contributed by atoms with Crippen LogP contribution in [0.25, 0.3) is 27.5 Å². The topological polar surface area (TPSA) is 170 Å². The number of carbonyl (C=O) groups excluding carboxylic acids is 2. The number of rotatable bonds is 15. The molecule has 2 amide bonds. The molecule has 1 unspecified atom stereocenters. The normalized spacial score (nSPS) is 15.8. The number of anilines is 3. The first-order valence-corrected chi connectivity index (χ1v) is 24.4. The van der Waals surface area contributed by atoms with E-state index in [2.05, 4.69) is 22.0 Å². The fraction of sp³-hybridized carbons (Fsp3) is 0.208. The molecule has 1 atom stereocenters. The highest BCUT2D eigenvalue weighted by Crippen LogP contribution is 2.40. The first kappa shape index (κ1) is 46.5. The van der Waals surface area contributed by atoms with Crippen LogP contribution in [-0.4, -0.2) is 78.0 Å². The number of hydrogen-bond acceptors (Lipinski definition) is 11. The van der Waals surface area contributed by atoms with Crippen LogP contribution in [0.1, 0.15) is 23.6 Å². The number of halogens is 1. The van der Waals surface area contributed by atoms with Gasteiger partial charge in [0.2, 0.25) is 17.7 Å². The molecule has 4 heterocycles. The molecule has 16 nitrogen and oxygen atoms in total. The Morgan fingerprint density at radius 3 is 2.08 bits per heavy atom. The van der Waals surface area contributed by atoms with Crippen molar-refractivity contribution in [3.05, 3.63) is 179 Å². The third-order valence-corrected chi connectivity index (χ3v) is 14.0. The Hall–Kier alpha value is -8.22. The first-order chi connectivity index (χ1) is 34.4. The van der Waals surface area contributed by atoms with Crippen LogP contribution < -0.4 is 39.1 Å². The molecule has 0 spiro atoms. The van der Waals surface area contributed by atoms with Gasteiger partial charge in [0.1, 0.15) is 43.5 Å². The third kappa shape index (κ3) is 9.84. The van der Waals surface area contributed by atoms with Crippen LogP contribution in [0.3, 0.4) is 0 Å². The number of benzene rings is 6. The number of imidazole rings is 1. The standard InChI is InChI=1S/C53H49FN8O8S/c1-35-29-60(41-19-21-43-45(28-41)58(2)53(65)62(43)44-22-23-49(69-33-37-14-8-4-9-15-37)56-52(44)70-34-38-16-10-5-11-17-38)25-24-59(35)30-47(63)55-40-18-20-42-39(26-40)27-46(68-32-36-12-6-3-7-13-36)51(50(42)54)61-31-48(64)57-71(61,66)67/h3-23,26-28,35H,24-25,29-34H2,1-2H3,(H,55,63)(H,57,64). The maximum Gasteiger partial charge on any atom is 0.333 e. The highest BCUT2D eigenvalue weighted by Gasteiger charge is 2.38. The summed E-state index contributed by atoms with van der Waals surface area (Å²) in [7, 11) is -2.62. The molecule has 2 aromatic heterocycles. The van der Waals surface area contributed by atoms with Gasteiger partial charge in [-0.1, -0.05) is 91.0 Å². The van der Waals surface area contributed by atoms with E-state index < -0.39 is 28.5 Å². The second-order valence-electron chi connectivity index (χ2n) is 17.5. The first-order valence-electron chi connectivity index (χ1n) is 23.0.